The second-order valence-corrected chi connectivity index (χ2v) is 29.4. The Labute approximate surface area is 726 Å². The number of amidine groups is 2. The van der Waals surface area contributed by atoms with Gasteiger partial charge in [0.05, 0.1) is 75.7 Å². The van der Waals surface area contributed by atoms with E-state index in [0.29, 0.717) is 64.9 Å². The van der Waals surface area contributed by atoms with Crippen LogP contribution in [0.25, 0.3) is 11.1 Å². The van der Waals surface area contributed by atoms with Crippen LogP contribution < -0.4 is 42.5 Å². The number of halogens is 9. The molecule has 14 rings (SSSR count). The maximum atomic E-state index is 13.8. The van der Waals surface area contributed by atoms with Gasteiger partial charge in [0.2, 0.25) is 0 Å². The van der Waals surface area contributed by atoms with Crippen molar-refractivity contribution < 1.29 is 51.5 Å². The normalized spacial score (nSPS) is 11.4. The van der Waals surface area contributed by atoms with E-state index in [1.165, 1.54) is 67.3 Å². The molecule has 0 saturated carbocycles. The van der Waals surface area contributed by atoms with Crippen LogP contribution in [0.1, 0.15) is 125 Å². The summed E-state index contributed by atoms with van der Waals surface area (Å²) in [6.45, 7) is 14.9. The van der Waals surface area contributed by atoms with Crippen molar-refractivity contribution in [1.82, 2.24) is 29.7 Å². The predicted molar refractivity (Wildman–Crippen MR) is 473 cm³/mol. The van der Waals surface area contributed by atoms with E-state index in [0.717, 1.165) is 96.8 Å². The summed E-state index contributed by atoms with van der Waals surface area (Å²) in [6.07, 6.45) is 6.60. The van der Waals surface area contributed by atoms with Crippen LogP contribution in [0, 0.1) is 28.3 Å². The first-order valence-electron chi connectivity index (χ1n) is 36.6. The van der Waals surface area contributed by atoms with Crippen LogP contribution in [-0.2, 0) is 0 Å². The van der Waals surface area contributed by atoms with Crippen molar-refractivity contribution in [1.29, 1.82) is 10.8 Å². The number of aromatic nitrogens is 4. The van der Waals surface area contributed by atoms with E-state index in [2.05, 4.69) is 75.6 Å². The Morgan fingerprint density at radius 1 is 0.303 bits per heavy atom. The Kier molecular flexibility index (Phi) is 30.0. The molecule has 2 fully saturated rings. The molecule has 0 atom stereocenters. The molecule has 8 aromatic carbocycles. The third kappa shape index (κ3) is 24.6. The number of hydrogen-bond acceptors (Lipinski definition) is 14. The predicted octanol–water partition coefficient (Wildman–Crippen LogP) is 20.4. The van der Waals surface area contributed by atoms with Gasteiger partial charge in [-0.3, -0.25) is 49.2 Å². The molecule has 4 aromatic heterocycles. The molecule has 2 aliphatic heterocycles. The first-order chi connectivity index (χ1) is 58.4. The number of amides is 8. The fourth-order valence-corrected chi connectivity index (χ4v) is 12.1. The van der Waals surface area contributed by atoms with E-state index in [9.17, 15) is 51.5 Å². The number of hydrogen-bond donors (Lipinski definition) is 10. The average molecular weight is 1760 g/mol. The van der Waals surface area contributed by atoms with Crippen LogP contribution >= 0.6 is 69.6 Å². The Balaban J connectivity index is 0.000000159. The third-order valence-electron chi connectivity index (χ3n) is 17.9. The van der Waals surface area contributed by atoms with Crippen molar-refractivity contribution in [3.05, 3.63) is 365 Å². The molecule has 6 heterocycles. The van der Waals surface area contributed by atoms with E-state index in [1.807, 2.05) is 23.6 Å². The maximum absolute atomic E-state index is 13.8. The van der Waals surface area contributed by atoms with Gasteiger partial charge in [-0.25, -0.2) is 33.1 Å². The molecule has 12 aromatic rings. The standard InChI is InChI=1S/C23H19ClFN5O2.C22H16Cl3N3O2.C22H17ClFN5O2.C22H17ClFN3O2/c24-16-6-9-20(27-13-16)29-23(32)18-12-17(25)7-8-19(18)28-22(31)15-4-2-14(3-5-15)21(26)30-10-1-11-30;1-12(2)13-3-6-16(18(25)9-13)21(29)27-19-7-4-14(23)10-17(19)22(30)28-20-8-5-15(24)11-26-20;23-15-5-8-19(26-12-15)28-22(31)17-11-16(24)6-7-18(17)27-21(30)14-3-1-13(2-4-14)20(25)29-9-10-29;1-13(2)14-3-5-15(6-4-14)21(28)26-19-9-8-17(24)11-18(19)22(29)27-20-10-7-16(23)12-25-20/h2-9,12-13,26H,1,10-11H2,(H,28,31)(H,27,29,32);3-11H,1H2,2H3,(H,27,29)(H,26,28,30);1-8,11-12,25H,9-10H2,(H,27,30)(H,26,28,31);3-12H,1H2,2H3,(H,26,28)(H,25,27,29). The molecule has 2 saturated heterocycles. The summed E-state index contributed by atoms with van der Waals surface area (Å²) in [5, 5.41) is 39.5. The molecule has 616 valence electrons. The summed E-state index contributed by atoms with van der Waals surface area (Å²) in [6, 6.07) is 52.6. The molecule has 10 N–H and O–H groups in total. The minimum absolute atomic E-state index is 0.0337. The highest BCUT2D eigenvalue weighted by molar-refractivity contribution is 6.35. The quantitative estimate of drug-likeness (QED) is 0.0193. The highest BCUT2D eigenvalue weighted by Crippen LogP contribution is 2.30. The van der Waals surface area contributed by atoms with Gasteiger partial charge in [0, 0.05) is 83.8 Å². The molecule has 24 nitrogen and oxygen atoms in total. The number of rotatable bonds is 20. The third-order valence-corrected chi connectivity index (χ3v) is 19.3. The zero-order chi connectivity index (χ0) is 87.4. The van der Waals surface area contributed by atoms with Crippen LogP contribution in [0.15, 0.2) is 250 Å². The molecule has 2 aliphatic rings. The van der Waals surface area contributed by atoms with Gasteiger partial charge in [-0.15, -0.1) is 0 Å². The summed E-state index contributed by atoms with van der Waals surface area (Å²) in [7, 11) is 0. The van der Waals surface area contributed by atoms with Crippen molar-refractivity contribution in [2.75, 3.05) is 68.7 Å². The molecule has 0 spiro atoms. The smallest absolute Gasteiger partial charge is 0.259 e. The van der Waals surface area contributed by atoms with E-state index in [4.69, 9.17) is 80.4 Å². The number of nitrogens with zero attached hydrogens (tertiary/aromatic N) is 6. The zero-order valence-electron chi connectivity index (χ0n) is 64.3. The highest BCUT2D eigenvalue weighted by atomic mass is 35.5. The van der Waals surface area contributed by atoms with Gasteiger partial charge in [0.25, 0.3) is 47.3 Å². The number of likely N-dealkylation sites (tertiary alicyclic amines) is 1. The maximum Gasteiger partial charge on any atom is 0.259 e. The molecule has 0 radical (unpaired) electrons. The van der Waals surface area contributed by atoms with Gasteiger partial charge >= 0.3 is 0 Å². The summed E-state index contributed by atoms with van der Waals surface area (Å²) >= 11 is 35.5. The fourth-order valence-electron chi connectivity index (χ4n) is 11.2. The van der Waals surface area contributed by atoms with Gasteiger partial charge in [0.1, 0.15) is 52.4 Å². The van der Waals surface area contributed by atoms with Gasteiger partial charge in [0.15, 0.2) is 0 Å². The number of nitrogens with one attached hydrogen (secondary N) is 10. The van der Waals surface area contributed by atoms with Gasteiger partial charge < -0.3 is 52.3 Å². The second-order valence-electron chi connectivity index (χ2n) is 26.9. The lowest BCUT2D eigenvalue weighted by molar-refractivity contribution is 0.101. The van der Waals surface area contributed by atoms with Crippen molar-refractivity contribution in [3.63, 3.8) is 0 Å². The summed E-state index contributed by atoms with van der Waals surface area (Å²) < 4.78 is 41.4. The Hall–Kier alpha value is -13.9. The molecular weight excluding hydrogens is 1690 g/mol. The first-order valence-corrected chi connectivity index (χ1v) is 38.9. The zero-order valence-corrected chi connectivity index (χ0v) is 68.9. The molecule has 8 amide bonds. The van der Waals surface area contributed by atoms with Crippen molar-refractivity contribution in [2.24, 2.45) is 0 Å². The number of carbonyl (C=O) groups is 8. The number of pyridine rings is 4. The van der Waals surface area contributed by atoms with Crippen LogP contribution in [0.3, 0.4) is 0 Å². The van der Waals surface area contributed by atoms with E-state index in [1.54, 1.807) is 133 Å². The fraction of sp³-hybridized carbons (Fsp3) is 0.0787. The molecule has 0 aliphatic carbocycles. The van der Waals surface area contributed by atoms with Crippen LogP contribution in [0.2, 0.25) is 30.1 Å². The highest BCUT2D eigenvalue weighted by Gasteiger charge is 2.26. The number of carbonyl (C=O) groups excluding carboxylic acids is 8. The topological polar surface area (TPSA) is 338 Å². The SMILES string of the molecule is C=C(C)c1ccc(C(=O)Nc2ccc(Cl)cc2C(=O)Nc2ccc(Cl)cn2)c(Cl)c1.C=C(C)c1ccc(C(=O)Nc2ccc(F)cc2C(=O)Nc2ccc(Cl)cn2)cc1.N=C(c1ccc(C(=O)Nc2ccc(F)cc2C(=O)Nc2ccc(Cl)cn2)cc1)N1CC1.N=C(c1ccc(C(=O)Nc2ccc(F)cc2C(=O)Nc2ccc(Cl)cn2)cc1)N1CCC1. The molecule has 0 bridgehead atoms. The summed E-state index contributed by atoms with van der Waals surface area (Å²) in [5.74, 6) is -4.17. The first kappa shape index (κ1) is 88.9. The Bertz CT molecular complexity index is 6040. The number of benzene rings is 8. The van der Waals surface area contributed by atoms with E-state index < -0.39 is 64.7 Å². The molecule has 0 unspecified atom stereocenters. The monoisotopic (exact) mass is 1760 g/mol. The molecule has 122 heavy (non-hydrogen) atoms. The van der Waals surface area contributed by atoms with Crippen LogP contribution in [0.4, 0.5) is 59.2 Å². The number of anilines is 8. The average Bonchev–Trinajstić information content (AvgIpc) is 1.35. The Morgan fingerprint density at radius 2 is 0.574 bits per heavy atom. The number of allylic oxidation sites excluding steroid dienone is 2. The lowest BCUT2D eigenvalue weighted by Crippen LogP contribution is -2.42. The molecular formula is C89H69Cl6F3N16O8. The van der Waals surface area contributed by atoms with Gasteiger partial charge in [-0.1, -0.05) is 136 Å². The van der Waals surface area contributed by atoms with Crippen molar-refractivity contribution in [3.8, 4) is 0 Å². The van der Waals surface area contributed by atoms with Gasteiger partial charge in [-0.2, -0.15) is 0 Å². The van der Waals surface area contributed by atoms with Crippen molar-refractivity contribution >= 4 is 186 Å². The van der Waals surface area contributed by atoms with E-state index in [-0.39, 0.29) is 73.0 Å². The largest absolute Gasteiger partial charge is 0.356 e. The Morgan fingerprint density at radius 3 is 0.861 bits per heavy atom. The minimum atomic E-state index is -0.632. The van der Waals surface area contributed by atoms with E-state index >= 15 is 0 Å². The van der Waals surface area contributed by atoms with Crippen LogP contribution in [0.5, 0.6) is 0 Å². The van der Waals surface area contributed by atoms with Gasteiger partial charge in [-0.05, 0) is 201 Å². The summed E-state index contributed by atoms with van der Waals surface area (Å²) in [4.78, 5) is 121. The molecule has 33 heteroatoms. The second kappa shape index (κ2) is 41.2. The summed E-state index contributed by atoms with van der Waals surface area (Å²) in [5.41, 5.74) is 7.03. The lowest BCUT2D eigenvalue weighted by Gasteiger charge is -2.33. The lowest BCUT2D eigenvalue weighted by atomic mass is 10.1. The van der Waals surface area contributed by atoms with Crippen LogP contribution in [-0.4, -0.2) is 115 Å². The minimum Gasteiger partial charge on any atom is -0.356 e. The van der Waals surface area contributed by atoms with Crippen molar-refractivity contribution in [2.45, 2.75) is 20.3 Å².